The summed E-state index contributed by atoms with van der Waals surface area (Å²) in [6.45, 7) is 0. The zero-order valence-corrected chi connectivity index (χ0v) is 12.7. The molecule has 1 aliphatic carbocycles. The van der Waals surface area contributed by atoms with Crippen LogP contribution in [0.4, 0.5) is 4.39 Å². The molecule has 3 rings (SSSR count). The second kappa shape index (κ2) is 6.02. The van der Waals surface area contributed by atoms with Crippen LogP contribution in [-0.2, 0) is 4.79 Å². The molecule has 0 bridgehead atoms. The first-order valence-electron chi connectivity index (χ1n) is 7.85. The Kier molecular flexibility index (Phi) is 4.07. The summed E-state index contributed by atoms with van der Waals surface area (Å²) >= 11 is 0. The highest BCUT2D eigenvalue weighted by Gasteiger charge is 2.40. The van der Waals surface area contributed by atoms with Crippen molar-refractivity contribution in [1.29, 1.82) is 0 Å². The predicted molar refractivity (Wildman–Crippen MR) is 83.8 cm³/mol. The van der Waals surface area contributed by atoms with Gasteiger partial charge >= 0.3 is 5.97 Å². The average molecular weight is 318 g/mol. The van der Waals surface area contributed by atoms with E-state index in [2.05, 4.69) is 10.3 Å². The van der Waals surface area contributed by atoms with Crippen molar-refractivity contribution in [3.8, 4) is 0 Å². The lowest BCUT2D eigenvalue weighted by molar-refractivity contribution is -0.145. The summed E-state index contributed by atoms with van der Waals surface area (Å²) in [5.74, 6) is -1.93. The van der Waals surface area contributed by atoms with Gasteiger partial charge in [0, 0.05) is 10.9 Å². The van der Waals surface area contributed by atoms with E-state index in [1.54, 1.807) is 12.1 Å². The molecule has 23 heavy (non-hydrogen) atoms. The number of fused-ring (bicyclic) bond motifs is 1. The van der Waals surface area contributed by atoms with Crippen LogP contribution in [0.5, 0.6) is 0 Å². The van der Waals surface area contributed by atoms with Crippen molar-refractivity contribution in [1.82, 2.24) is 10.3 Å². The Labute approximate surface area is 132 Å². The van der Waals surface area contributed by atoms with E-state index in [0.29, 0.717) is 23.7 Å². The number of benzene rings is 1. The highest BCUT2D eigenvalue weighted by Crippen LogP contribution is 2.28. The number of carboxylic acids is 1. The number of aromatic nitrogens is 1. The van der Waals surface area contributed by atoms with Crippen LogP contribution in [0.2, 0.25) is 0 Å². The largest absolute Gasteiger partial charge is 0.480 e. The molecule has 1 aliphatic rings. The van der Waals surface area contributed by atoms with Crippen LogP contribution in [0.15, 0.2) is 24.3 Å². The van der Waals surface area contributed by atoms with Crippen LogP contribution in [0, 0.1) is 5.82 Å². The van der Waals surface area contributed by atoms with E-state index in [1.807, 2.05) is 0 Å². The molecule has 1 saturated carbocycles. The van der Waals surface area contributed by atoms with Crippen LogP contribution in [0.1, 0.15) is 49.0 Å². The molecule has 2 aromatic rings. The first-order chi connectivity index (χ1) is 11.0. The van der Waals surface area contributed by atoms with Crippen LogP contribution in [0.3, 0.4) is 0 Å². The average Bonchev–Trinajstić information content (AvgIpc) is 2.82. The summed E-state index contributed by atoms with van der Waals surface area (Å²) in [6.07, 6.45) is 4.33. The number of amides is 1. The molecule has 0 aliphatic heterocycles. The minimum atomic E-state index is -1.23. The Balaban J connectivity index is 1.88. The Morgan fingerprint density at radius 3 is 2.48 bits per heavy atom. The SMILES string of the molecule is O=C(NC1(C(=O)O)CCCCCC1)c1cc2c(F)cccc2[nH]1. The molecule has 0 unspecified atom stereocenters. The number of carbonyl (C=O) groups excluding carboxylic acids is 1. The standard InChI is InChI=1S/C17H19FN2O3/c18-12-6-5-7-13-11(12)10-14(19-13)15(21)20-17(16(22)23)8-3-1-2-4-9-17/h5-7,10,19H,1-4,8-9H2,(H,20,21)(H,22,23). The quantitative estimate of drug-likeness (QED) is 0.760. The molecule has 122 valence electrons. The maximum Gasteiger partial charge on any atom is 0.329 e. The lowest BCUT2D eigenvalue weighted by atomic mass is 9.90. The van der Waals surface area contributed by atoms with Gasteiger partial charge in [0.25, 0.3) is 5.91 Å². The van der Waals surface area contributed by atoms with Gasteiger partial charge in [-0.25, -0.2) is 9.18 Å². The number of aromatic amines is 1. The smallest absolute Gasteiger partial charge is 0.329 e. The zero-order chi connectivity index (χ0) is 16.4. The van der Waals surface area contributed by atoms with Gasteiger partial charge in [0.15, 0.2) is 0 Å². The van der Waals surface area contributed by atoms with E-state index in [-0.39, 0.29) is 5.69 Å². The van der Waals surface area contributed by atoms with Crippen LogP contribution < -0.4 is 5.32 Å². The van der Waals surface area contributed by atoms with Gasteiger partial charge in [-0.2, -0.15) is 0 Å². The maximum atomic E-state index is 13.7. The van der Waals surface area contributed by atoms with Crippen LogP contribution in [0.25, 0.3) is 10.9 Å². The van der Waals surface area contributed by atoms with Crippen molar-refractivity contribution in [2.75, 3.05) is 0 Å². The number of aliphatic carboxylic acids is 1. The van der Waals surface area contributed by atoms with Crippen molar-refractivity contribution in [2.45, 2.75) is 44.1 Å². The molecule has 1 heterocycles. The molecule has 6 heteroatoms. The number of halogens is 1. The number of carbonyl (C=O) groups is 2. The number of carboxylic acid groups (broad SMARTS) is 1. The normalized spacial score (nSPS) is 17.6. The van der Waals surface area contributed by atoms with Crippen LogP contribution in [-0.4, -0.2) is 27.5 Å². The predicted octanol–water partition coefficient (Wildman–Crippen LogP) is 3.21. The summed E-state index contributed by atoms with van der Waals surface area (Å²) in [7, 11) is 0. The fourth-order valence-electron chi connectivity index (χ4n) is 3.25. The van der Waals surface area contributed by atoms with Gasteiger partial charge in [-0.1, -0.05) is 31.7 Å². The second-order valence-electron chi connectivity index (χ2n) is 6.14. The Hall–Kier alpha value is -2.37. The molecule has 0 radical (unpaired) electrons. The minimum Gasteiger partial charge on any atom is -0.480 e. The van der Waals surface area contributed by atoms with Crippen molar-refractivity contribution in [3.05, 3.63) is 35.8 Å². The third kappa shape index (κ3) is 2.93. The monoisotopic (exact) mass is 318 g/mol. The van der Waals surface area contributed by atoms with E-state index in [4.69, 9.17) is 0 Å². The molecule has 5 nitrogen and oxygen atoms in total. The van der Waals surface area contributed by atoms with Gasteiger partial charge < -0.3 is 15.4 Å². The molecule has 0 spiro atoms. The molecule has 0 atom stereocenters. The summed E-state index contributed by atoms with van der Waals surface area (Å²) in [4.78, 5) is 27.1. The van der Waals surface area contributed by atoms with Gasteiger partial charge in [-0.05, 0) is 31.0 Å². The first kappa shape index (κ1) is 15.5. The second-order valence-corrected chi connectivity index (χ2v) is 6.14. The lowest BCUT2D eigenvalue weighted by Gasteiger charge is -2.29. The van der Waals surface area contributed by atoms with E-state index < -0.39 is 23.2 Å². The Bertz CT molecular complexity index is 745. The highest BCUT2D eigenvalue weighted by atomic mass is 19.1. The molecule has 1 amide bonds. The number of hydrogen-bond donors (Lipinski definition) is 3. The van der Waals surface area contributed by atoms with Crippen molar-refractivity contribution >= 4 is 22.8 Å². The van der Waals surface area contributed by atoms with E-state index in [1.165, 1.54) is 12.1 Å². The summed E-state index contributed by atoms with van der Waals surface area (Å²) in [5, 5.41) is 12.6. The van der Waals surface area contributed by atoms with E-state index in [0.717, 1.165) is 25.7 Å². The van der Waals surface area contributed by atoms with Crippen molar-refractivity contribution in [3.63, 3.8) is 0 Å². The van der Waals surface area contributed by atoms with Gasteiger partial charge in [0.05, 0.1) is 0 Å². The topological polar surface area (TPSA) is 82.2 Å². The molecule has 0 saturated heterocycles. The molecule has 1 fully saturated rings. The van der Waals surface area contributed by atoms with Crippen LogP contribution >= 0.6 is 0 Å². The van der Waals surface area contributed by atoms with E-state index in [9.17, 15) is 19.1 Å². The number of nitrogens with one attached hydrogen (secondary N) is 2. The summed E-state index contributed by atoms with van der Waals surface area (Å²) in [5.41, 5.74) is -0.543. The molecular formula is C17H19FN2O3. The lowest BCUT2D eigenvalue weighted by Crippen LogP contribution is -2.54. The molecule has 3 N–H and O–H groups in total. The third-order valence-corrected chi connectivity index (χ3v) is 4.57. The Morgan fingerprint density at radius 1 is 1.17 bits per heavy atom. The number of H-pyrrole nitrogens is 1. The maximum absolute atomic E-state index is 13.7. The number of rotatable bonds is 3. The fraction of sp³-hybridized carbons (Fsp3) is 0.412. The number of hydrogen-bond acceptors (Lipinski definition) is 2. The van der Waals surface area contributed by atoms with Crippen molar-refractivity contribution < 1.29 is 19.1 Å². The Morgan fingerprint density at radius 2 is 1.87 bits per heavy atom. The minimum absolute atomic E-state index is 0.176. The van der Waals surface area contributed by atoms with Gasteiger partial charge in [-0.3, -0.25) is 4.79 Å². The van der Waals surface area contributed by atoms with Gasteiger partial charge in [-0.15, -0.1) is 0 Å². The highest BCUT2D eigenvalue weighted by molar-refractivity contribution is 6.00. The third-order valence-electron chi connectivity index (χ3n) is 4.57. The summed E-state index contributed by atoms with van der Waals surface area (Å²) in [6, 6.07) is 5.97. The van der Waals surface area contributed by atoms with Gasteiger partial charge in [0.1, 0.15) is 17.1 Å². The first-order valence-corrected chi connectivity index (χ1v) is 7.85. The van der Waals surface area contributed by atoms with Gasteiger partial charge in [0.2, 0.25) is 0 Å². The molecule has 1 aromatic heterocycles. The summed E-state index contributed by atoms with van der Waals surface area (Å²) < 4.78 is 13.7. The molecule has 1 aromatic carbocycles. The molecular weight excluding hydrogens is 299 g/mol. The fourth-order valence-corrected chi connectivity index (χ4v) is 3.25. The zero-order valence-electron chi connectivity index (χ0n) is 12.7. The van der Waals surface area contributed by atoms with E-state index >= 15 is 0 Å². The van der Waals surface area contributed by atoms with Crippen molar-refractivity contribution in [2.24, 2.45) is 0 Å².